The zero-order chi connectivity index (χ0) is 17.4. The minimum absolute atomic E-state index is 0.229. The standard InChI is InChI=1S/C17H19N3O3S2/c21-17-18-15-4-3-14(11-16(15)19-17)25(22,23)20-7-5-12(6-8-20)10-13-2-1-9-24-13/h1-4,9,11-12H,5-8,10H2,(H2,18,19,21). The Kier molecular flexibility index (Phi) is 4.26. The van der Waals surface area contributed by atoms with E-state index in [0.717, 1.165) is 19.3 Å². The zero-order valence-corrected chi connectivity index (χ0v) is 15.2. The SMILES string of the molecule is O=c1[nH]c2ccc(S(=O)(=O)N3CCC(Cc4cccs4)CC3)cc2[nH]1. The van der Waals surface area contributed by atoms with Gasteiger partial charge < -0.3 is 9.97 Å². The summed E-state index contributed by atoms with van der Waals surface area (Å²) in [5.74, 6) is 0.536. The van der Waals surface area contributed by atoms with Crippen LogP contribution in [0.4, 0.5) is 0 Å². The summed E-state index contributed by atoms with van der Waals surface area (Å²) in [6, 6.07) is 8.91. The van der Waals surface area contributed by atoms with Crippen LogP contribution in [0.2, 0.25) is 0 Å². The molecule has 0 unspecified atom stereocenters. The molecule has 0 aliphatic carbocycles. The fraction of sp³-hybridized carbons (Fsp3) is 0.353. The van der Waals surface area contributed by atoms with E-state index in [2.05, 4.69) is 27.5 Å². The molecule has 6 nitrogen and oxygen atoms in total. The number of piperidine rings is 1. The molecule has 1 fully saturated rings. The second-order valence-corrected chi connectivity index (χ2v) is 9.39. The number of H-pyrrole nitrogens is 2. The number of aromatic amines is 2. The molecule has 3 heterocycles. The largest absolute Gasteiger partial charge is 0.323 e. The van der Waals surface area contributed by atoms with Gasteiger partial charge in [-0.1, -0.05) is 6.07 Å². The summed E-state index contributed by atoms with van der Waals surface area (Å²) >= 11 is 1.76. The highest BCUT2D eigenvalue weighted by atomic mass is 32.2. The molecule has 2 N–H and O–H groups in total. The van der Waals surface area contributed by atoms with Crippen LogP contribution in [0.25, 0.3) is 11.0 Å². The monoisotopic (exact) mass is 377 g/mol. The lowest BCUT2D eigenvalue weighted by Crippen LogP contribution is -2.38. The van der Waals surface area contributed by atoms with Crippen LogP contribution in [0.1, 0.15) is 17.7 Å². The van der Waals surface area contributed by atoms with E-state index in [1.54, 1.807) is 27.8 Å². The van der Waals surface area contributed by atoms with Gasteiger partial charge >= 0.3 is 5.69 Å². The number of sulfonamides is 1. The normalized spacial score (nSPS) is 17.3. The molecule has 1 aliphatic rings. The Balaban J connectivity index is 1.49. The lowest BCUT2D eigenvalue weighted by atomic mass is 9.94. The molecule has 1 aliphatic heterocycles. The number of fused-ring (bicyclic) bond motifs is 1. The lowest BCUT2D eigenvalue weighted by Gasteiger charge is -2.31. The average molecular weight is 377 g/mol. The van der Waals surface area contributed by atoms with Gasteiger partial charge in [0, 0.05) is 18.0 Å². The molecule has 0 bridgehead atoms. The van der Waals surface area contributed by atoms with E-state index in [1.807, 2.05) is 0 Å². The highest BCUT2D eigenvalue weighted by Gasteiger charge is 2.29. The maximum Gasteiger partial charge on any atom is 0.323 e. The van der Waals surface area contributed by atoms with Crippen molar-refractivity contribution in [1.82, 2.24) is 14.3 Å². The van der Waals surface area contributed by atoms with Crippen molar-refractivity contribution in [2.75, 3.05) is 13.1 Å². The number of rotatable bonds is 4. The maximum absolute atomic E-state index is 12.9. The lowest BCUT2D eigenvalue weighted by molar-refractivity contribution is 0.273. The molecule has 2 aromatic heterocycles. The molecule has 25 heavy (non-hydrogen) atoms. The molecule has 4 rings (SSSR count). The number of aromatic nitrogens is 2. The van der Waals surface area contributed by atoms with E-state index >= 15 is 0 Å². The second-order valence-electron chi connectivity index (χ2n) is 6.42. The first-order valence-electron chi connectivity index (χ1n) is 8.27. The predicted molar refractivity (Wildman–Crippen MR) is 98.4 cm³/mol. The van der Waals surface area contributed by atoms with Crippen LogP contribution in [-0.4, -0.2) is 35.8 Å². The summed E-state index contributed by atoms with van der Waals surface area (Å²) in [4.78, 5) is 18.2. The van der Waals surface area contributed by atoms with Crippen LogP contribution < -0.4 is 5.69 Å². The highest BCUT2D eigenvalue weighted by Crippen LogP contribution is 2.28. The third kappa shape index (κ3) is 3.29. The molecule has 8 heteroatoms. The van der Waals surface area contributed by atoms with Gasteiger partial charge in [-0.25, -0.2) is 13.2 Å². The van der Waals surface area contributed by atoms with Gasteiger partial charge in [0.2, 0.25) is 10.0 Å². The molecule has 0 spiro atoms. The molecule has 0 amide bonds. The molecule has 0 atom stereocenters. The third-order valence-corrected chi connectivity index (χ3v) is 7.56. The van der Waals surface area contributed by atoms with Gasteiger partial charge in [-0.15, -0.1) is 11.3 Å². The topological polar surface area (TPSA) is 86.0 Å². The van der Waals surface area contributed by atoms with Crippen molar-refractivity contribution < 1.29 is 8.42 Å². The van der Waals surface area contributed by atoms with E-state index in [9.17, 15) is 13.2 Å². The molecule has 1 saturated heterocycles. The van der Waals surface area contributed by atoms with Crippen LogP contribution in [0.15, 0.2) is 45.4 Å². The smallest absolute Gasteiger partial charge is 0.306 e. The Morgan fingerprint density at radius 1 is 1.12 bits per heavy atom. The highest BCUT2D eigenvalue weighted by molar-refractivity contribution is 7.89. The molecule has 132 valence electrons. The van der Waals surface area contributed by atoms with E-state index in [1.165, 1.54) is 10.9 Å². The summed E-state index contributed by atoms with van der Waals surface area (Å²) in [7, 11) is -3.53. The van der Waals surface area contributed by atoms with Gasteiger partial charge in [-0.3, -0.25) is 0 Å². The van der Waals surface area contributed by atoms with E-state index in [-0.39, 0.29) is 10.6 Å². The van der Waals surface area contributed by atoms with Crippen LogP contribution in [0, 0.1) is 5.92 Å². The Hall–Kier alpha value is -1.90. The first-order chi connectivity index (χ1) is 12.0. The van der Waals surface area contributed by atoms with Crippen LogP contribution in [-0.2, 0) is 16.4 Å². The van der Waals surface area contributed by atoms with Crippen molar-refractivity contribution in [2.45, 2.75) is 24.2 Å². The first kappa shape index (κ1) is 16.6. The van der Waals surface area contributed by atoms with Crippen molar-refractivity contribution in [3.63, 3.8) is 0 Å². The van der Waals surface area contributed by atoms with E-state index in [0.29, 0.717) is 30.0 Å². The summed E-state index contributed by atoms with van der Waals surface area (Å²) in [5.41, 5.74) is 0.788. The molecule has 3 aromatic rings. The molecular formula is C17H19N3O3S2. The van der Waals surface area contributed by atoms with Crippen molar-refractivity contribution in [2.24, 2.45) is 5.92 Å². The third-order valence-electron chi connectivity index (χ3n) is 4.77. The summed E-state index contributed by atoms with van der Waals surface area (Å²) in [5, 5.41) is 2.08. The van der Waals surface area contributed by atoms with Gasteiger partial charge in [-0.2, -0.15) is 4.31 Å². The molecule has 0 radical (unpaired) electrons. The van der Waals surface area contributed by atoms with Crippen molar-refractivity contribution >= 4 is 32.4 Å². The summed E-state index contributed by atoms with van der Waals surface area (Å²) < 4.78 is 27.3. The molecule has 1 aromatic carbocycles. The van der Waals surface area contributed by atoms with Crippen LogP contribution >= 0.6 is 11.3 Å². The summed E-state index contributed by atoms with van der Waals surface area (Å²) in [6.45, 7) is 1.08. The Morgan fingerprint density at radius 3 is 2.60 bits per heavy atom. The quantitative estimate of drug-likeness (QED) is 0.733. The van der Waals surface area contributed by atoms with Gasteiger partial charge in [0.05, 0.1) is 15.9 Å². The molecule has 0 saturated carbocycles. The fourth-order valence-corrected chi connectivity index (χ4v) is 5.71. The van der Waals surface area contributed by atoms with Gasteiger partial charge in [0.15, 0.2) is 0 Å². The second kappa shape index (κ2) is 6.44. The van der Waals surface area contributed by atoms with Gasteiger partial charge in [0.25, 0.3) is 0 Å². The number of imidazole rings is 1. The minimum Gasteiger partial charge on any atom is -0.306 e. The molecular weight excluding hydrogens is 358 g/mol. The maximum atomic E-state index is 12.9. The predicted octanol–water partition coefficient (Wildman–Crippen LogP) is 2.56. The van der Waals surface area contributed by atoms with Gasteiger partial charge in [-0.05, 0) is 54.8 Å². The minimum atomic E-state index is -3.53. The number of nitrogens with one attached hydrogen (secondary N) is 2. The van der Waals surface area contributed by atoms with Crippen LogP contribution in [0.5, 0.6) is 0 Å². The van der Waals surface area contributed by atoms with Crippen molar-refractivity contribution in [3.8, 4) is 0 Å². The van der Waals surface area contributed by atoms with Crippen LogP contribution in [0.3, 0.4) is 0 Å². The Morgan fingerprint density at radius 2 is 1.88 bits per heavy atom. The average Bonchev–Trinajstić information content (AvgIpc) is 3.22. The number of thiophene rings is 1. The van der Waals surface area contributed by atoms with Gasteiger partial charge in [0.1, 0.15) is 0 Å². The number of benzene rings is 1. The number of hydrogen-bond donors (Lipinski definition) is 2. The van der Waals surface area contributed by atoms with Crippen molar-refractivity contribution in [3.05, 3.63) is 51.1 Å². The number of hydrogen-bond acceptors (Lipinski definition) is 4. The fourth-order valence-electron chi connectivity index (χ4n) is 3.39. The zero-order valence-electron chi connectivity index (χ0n) is 13.6. The van der Waals surface area contributed by atoms with E-state index < -0.39 is 10.0 Å². The van der Waals surface area contributed by atoms with Crippen molar-refractivity contribution in [1.29, 1.82) is 0 Å². The van der Waals surface area contributed by atoms with E-state index in [4.69, 9.17) is 0 Å². The number of nitrogens with zero attached hydrogens (tertiary/aromatic N) is 1. The Bertz CT molecular complexity index is 1030. The Labute approximate surface area is 149 Å². The first-order valence-corrected chi connectivity index (χ1v) is 10.6. The summed E-state index contributed by atoms with van der Waals surface area (Å²) in [6.07, 6.45) is 2.78.